The third kappa shape index (κ3) is 3.88. The van der Waals surface area contributed by atoms with E-state index in [1.165, 1.54) is 12.8 Å². The van der Waals surface area contributed by atoms with Crippen LogP contribution >= 0.6 is 0 Å². The van der Waals surface area contributed by atoms with Crippen LogP contribution in [-0.2, 0) is 6.42 Å². The Labute approximate surface area is 92.1 Å². The van der Waals surface area contributed by atoms with Gasteiger partial charge in [0, 0.05) is 24.1 Å². The second-order valence-corrected chi connectivity index (χ2v) is 3.82. The van der Waals surface area contributed by atoms with Gasteiger partial charge in [-0.2, -0.15) is 0 Å². The number of rotatable bonds is 6. The molecule has 1 atom stereocenters. The molecule has 1 aromatic heterocycles. The molecule has 0 saturated heterocycles. The zero-order chi connectivity index (χ0) is 11.1. The normalized spacial score (nSPS) is 12.7. The fraction of sp³-hybridized carbons (Fsp3) is 0.583. The quantitative estimate of drug-likeness (QED) is 0.750. The van der Waals surface area contributed by atoms with Crippen molar-refractivity contribution in [1.82, 2.24) is 10.3 Å². The summed E-state index contributed by atoms with van der Waals surface area (Å²) in [6, 6.07) is 2.39. The highest BCUT2D eigenvalue weighted by molar-refractivity contribution is 5.44. The van der Waals surface area contributed by atoms with E-state index >= 15 is 0 Å². The highest BCUT2D eigenvalue weighted by Gasteiger charge is 2.08. The Balaban J connectivity index is 2.60. The predicted molar refractivity (Wildman–Crippen MR) is 64.7 cm³/mol. The van der Waals surface area contributed by atoms with E-state index in [1.807, 2.05) is 12.3 Å². The molecule has 0 aliphatic carbocycles. The number of nitrogen functional groups attached to an aromatic ring is 1. The van der Waals surface area contributed by atoms with Crippen molar-refractivity contribution >= 4 is 5.69 Å². The molecule has 0 aromatic carbocycles. The largest absolute Gasteiger partial charge is 0.398 e. The second kappa shape index (κ2) is 6.40. The van der Waals surface area contributed by atoms with E-state index in [0.717, 1.165) is 24.2 Å². The molecule has 0 amide bonds. The molecule has 3 nitrogen and oxygen atoms in total. The SMILES string of the molecule is CCCC(Cc1cnccc1N)NCC. The van der Waals surface area contributed by atoms with Gasteiger partial charge in [-0.15, -0.1) is 0 Å². The summed E-state index contributed by atoms with van der Waals surface area (Å²) in [6.45, 7) is 5.34. The van der Waals surface area contributed by atoms with Crippen LogP contribution in [0.25, 0.3) is 0 Å². The van der Waals surface area contributed by atoms with Gasteiger partial charge in [0.2, 0.25) is 0 Å². The van der Waals surface area contributed by atoms with Crippen LogP contribution in [0.2, 0.25) is 0 Å². The van der Waals surface area contributed by atoms with Crippen molar-refractivity contribution < 1.29 is 0 Å². The molecule has 0 fully saturated rings. The topological polar surface area (TPSA) is 50.9 Å². The van der Waals surface area contributed by atoms with Gasteiger partial charge in [-0.05, 0) is 31.0 Å². The number of nitrogens with zero attached hydrogens (tertiary/aromatic N) is 1. The van der Waals surface area contributed by atoms with Crippen LogP contribution in [0.1, 0.15) is 32.3 Å². The Kier molecular flexibility index (Phi) is 5.12. The van der Waals surface area contributed by atoms with Crippen molar-refractivity contribution in [2.75, 3.05) is 12.3 Å². The molecule has 1 heterocycles. The maximum absolute atomic E-state index is 5.89. The van der Waals surface area contributed by atoms with Crippen molar-refractivity contribution in [3.05, 3.63) is 24.0 Å². The molecule has 1 rings (SSSR count). The van der Waals surface area contributed by atoms with Crippen LogP contribution in [0.5, 0.6) is 0 Å². The molecule has 0 aliphatic rings. The lowest BCUT2D eigenvalue weighted by molar-refractivity contribution is 0.486. The van der Waals surface area contributed by atoms with Crippen LogP contribution in [0.4, 0.5) is 5.69 Å². The van der Waals surface area contributed by atoms with Crippen LogP contribution in [0.15, 0.2) is 18.5 Å². The molecule has 0 spiro atoms. The number of hydrogen-bond donors (Lipinski definition) is 2. The fourth-order valence-corrected chi connectivity index (χ4v) is 1.79. The highest BCUT2D eigenvalue weighted by atomic mass is 14.9. The van der Waals surface area contributed by atoms with E-state index in [1.54, 1.807) is 6.20 Å². The first-order chi connectivity index (χ1) is 7.27. The molecule has 0 radical (unpaired) electrons. The standard InChI is InChI=1S/C12H21N3/c1-3-5-11(15-4-2)8-10-9-14-7-6-12(10)13/h6-7,9,11,15H,3-5,8H2,1-2H3,(H2,13,14). The van der Waals surface area contributed by atoms with E-state index in [-0.39, 0.29) is 0 Å². The van der Waals surface area contributed by atoms with Gasteiger partial charge in [0.15, 0.2) is 0 Å². The van der Waals surface area contributed by atoms with Gasteiger partial charge < -0.3 is 11.1 Å². The number of aromatic nitrogens is 1. The molecular formula is C12H21N3. The van der Waals surface area contributed by atoms with E-state index in [9.17, 15) is 0 Å². The molecule has 0 bridgehead atoms. The number of nitrogens with one attached hydrogen (secondary N) is 1. The number of likely N-dealkylation sites (N-methyl/N-ethyl adjacent to an activating group) is 1. The number of nitrogens with two attached hydrogens (primary N) is 1. The van der Waals surface area contributed by atoms with E-state index in [4.69, 9.17) is 5.73 Å². The second-order valence-electron chi connectivity index (χ2n) is 3.82. The molecular weight excluding hydrogens is 186 g/mol. The number of anilines is 1. The fourth-order valence-electron chi connectivity index (χ4n) is 1.79. The zero-order valence-electron chi connectivity index (χ0n) is 9.66. The molecule has 3 heteroatoms. The zero-order valence-corrected chi connectivity index (χ0v) is 9.66. The summed E-state index contributed by atoms with van der Waals surface area (Å²) < 4.78 is 0. The molecule has 0 saturated carbocycles. The van der Waals surface area contributed by atoms with Gasteiger partial charge in [0.1, 0.15) is 0 Å². The van der Waals surface area contributed by atoms with E-state index in [0.29, 0.717) is 6.04 Å². The predicted octanol–water partition coefficient (Wildman–Crippen LogP) is 1.98. The van der Waals surface area contributed by atoms with Gasteiger partial charge in [-0.3, -0.25) is 4.98 Å². The third-order valence-electron chi connectivity index (χ3n) is 2.54. The molecule has 15 heavy (non-hydrogen) atoms. The van der Waals surface area contributed by atoms with Crippen molar-refractivity contribution in [3.8, 4) is 0 Å². The van der Waals surface area contributed by atoms with Gasteiger partial charge in [-0.1, -0.05) is 20.3 Å². The Hall–Kier alpha value is -1.09. The summed E-state index contributed by atoms with van der Waals surface area (Å²) in [5.74, 6) is 0. The summed E-state index contributed by atoms with van der Waals surface area (Å²) in [7, 11) is 0. The minimum Gasteiger partial charge on any atom is -0.398 e. The lowest BCUT2D eigenvalue weighted by atomic mass is 10.0. The Morgan fingerprint density at radius 3 is 2.87 bits per heavy atom. The van der Waals surface area contributed by atoms with Gasteiger partial charge in [0.25, 0.3) is 0 Å². The maximum Gasteiger partial charge on any atom is 0.0378 e. The van der Waals surface area contributed by atoms with Gasteiger partial charge >= 0.3 is 0 Å². The van der Waals surface area contributed by atoms with E-state index in [2.05, 4.69) is 24.1 Å². The third-order valence-corrected chi connectivity index (χ3v) is 2.54. The Morgan fingerprint density at radius 1 is 1.47 bits per heavy atom. The van der Waals surface area contributed by atoms with Crippen molar-refractivity contribution in [1.29, 1.82) is 0 Å². The summed E-state index contributed by atoms with van der Waals surface area (Å²) in [4.78, 5) is 4.11. The van der Waals surface area contributed by atoms with Crippen LogP contribution < -0.4 is 11.1 Å². The summed E-state index contributed by atoms with van der Waals surface area (Å²) in [5.41, 5.74) is 7.89. The van der Waals surface area contributed by atoms with Crippen molar-refractivity contribution in [2.45, 2.75) is 39.2 Å². The summed E-state index contributed by atoms with van der Waals surface area (Å²) in [6.07, 6.45) is 6.96. The average Bonchev–Trinajstić information content (AvgIpc) is 2.22. The van der Waals surface area contributed by atoms with Crippen LogP contribution in [0, 0.1) is 0 Å². The summed E-state index contributed by atoms with van der Waals surface area (Å²) >= 11 is 0. The Morgan fingerprint density at radius 2 is 2.27 bits per heavy atom. The first-order valence-electron chi connectivity index (χ1n) is 5.69. The monoisotopic (exact) mass is 207 g/mol. The highest BCUT2D eigenvalue weighted by Crippen LogP contribution is 2.13. The lowest BCUT2D eigenvalue weighted by Gasteiger charge is -2.17. The first kappa shape index (κ1) is 12.0. The summed E-state index contributed by atoms with van der Waals surface area (Å²) in [5, 5.41) is 3.48. The molecule has 1 aromatic rings. The number of pyridine rings is 1. The van der Waals surface area contributed by atoms with Crippen molar-refractivity contribution in [3.63, 3.8) is 0 Å². The molecule has 3 N–H and O–H groups in total. The molecule has 1 unspecified atom stereocenters. The van der Waals surface area contributed by atoms with Crippen LogP contribution in [-0.4, -0.2) is 17.6 Å². The van der Waals surface area contributed by atoms with Crippen molar-refractivity contribution in [2.24, 2.45) is 0 Å². The Bertz CT molecular complexity index is 280. The van der Waals surface area contributed by atoms with Gasteiger partial charge in [0.05, 0.1) is 0 Å². The number of hydrogen-bond acceptors (Lipinski definition) is 3. The van der Waals surface area contributed by atoms with Crippen LogP contribution in [0.3, 0.4) is 0 Å². The van der Waals surface area contributed by atoms with E-state index < -0.39 is 0 Å². The minimum atomic E-state index is 0.520. The average molecular weight is 207 g/mol. The first-order valence-corrected chi connectivity index (χ1v) is 5.69. The van der Waals surface area contributed by atoms with Gasteiger partial charge in [-0.25, -0.2) is 0 Å². The molecule has 84 valence electrons. The lowest BCUT2D eigenvalue weighted by Crippen LogP contribution is -2.31. The molecule has 0 aliphatic heterocycles. The minimum absolute atomic E-state index is 0.520. The maximum atomic E-state index is 5.89. The smallest absolute Gasteiger partial charge is 0.0378 e.